The zero-order valence-electron chi connectivity index (χ0n) is 16.0. The fourth-order valence-corrected chi connectivity index (χ4v) is 2.71. The number of benzene rings is 2. The van der Waals surface area contributed by atoms with Gasteiger partial charge in [-0.25, -0.2) is 4.79 Å². The molecule has 0 heterocycles. The van der Waals surface area contributed by atoms with Gasteiger partial charge < -0.3 is 10.2 Å². The van der Waals surface area contributed by atoms with Crippen LogP contribution in [-0.2, 0) is 6.42 Å². The minimum Gasteiger partial charge on any atom is -0.328 e. The van der Waals surface area contributed by atoms with E-state index < -0.39 is 6.04 Å². The highest BCUT2D eigenvalue weighted by molar-refractivity contribution is 6.02. The third kappa shape index (κ3) is 5.68. The number of likely N-dealkylation sites (N-methyl/N-ethyl adjacent to an activating group) is 1. The maximum atomic E-state index is 12.8. The van der Waals surface area contributed by atoms with Crippen LogP contribution in [0.5, 0.6) is 0 Å². The van der Waals surface area contributed by atoms with E-state index in [-0.39, 0.29) is 17.7 Å². The maximum absolute atomic E-state index is 12.8. The van der Waals surface area contributed by atoms with Gasteiger partial charge in [0, 0.05) is 19.2 Å². The Bertz CT molecular complexity index is 808. The first-order valence-corrected chi connectivity index (χ1v) is 9.02. The van der Waals surface area contributed by atoms with Gasteiger partial charge in [-0.1, -0.05) is 56.3 Å². The predicted octanol–water partition coefficient (Wildman–Crippen LogP) is 3.65. The van der Waals surface area contributed by atoms with Crippen LogP contribution in [0.2, 0.25) is 0 Å². The van der Waals surface area contributed by atoms with Crippen molar-refractivity contribution in [3.8, 4) is 6.07 Å². The molecular formula is C22H25N3O2. The van der Waals surface area contributed by atoms with E-state index in [9.17, 15) is 9.59 Å². The van der Waals surface area contributed by atoms with Crippen molar-refractivity contribution in [3.05, 3.63) is 71.3 Å². The third-order valence-corrected chi connectivity index (χ3v) is 4.45. The second kappa shape index (κ2) is 9.54. The average molecular weight is 363 g/mol. The smallest absolute Gasteiger partial charge is 0.317 e. The summed E-state index contributed by atoms with van der Waals surface area (Å²) in [7, 11) is 1.72. The topological polar surface area (TPSA) is 73.2 Å². The molecule has 0 aromatic heterocycles. The predicted molar refractivity (Wildman–Crippen MR) is 105 cm³/mol. The van der Waals surface area contributed by atoms with Crippen LogP contribution < -0.4 is 5.32 Å². The van der Waals surface area contributed by atoms with Gasteiger partial charge >= 0.3 is 6.03 Å². The molecular weight excluding hydrogens is 338 g/mol. The lowest BCUT2D eigenvalue weighted by atomic mass is 9.94. The zero-order valence-corrected chi connectivity index (χ0v) is 16.0. The van der Waals surface area contributed by atoms with Crippen LogP contribution in [0.4, 0.5) is 4.79 Å². The summed E-state index contributed by atoms with van der Waals surface area (Å²) in [5.74, 6) is -0.209. The quantitative estimate of drug-likeness (QED) is 0.763. The Morgan fingerprint density at radius 3 is 2.26 bits per heavy atom. The van der Waals surface area contributed by atoms with E-state index in [0.717, 1.165) is 12.0 Å². The van der Waals surface area contributed by atoms with Crippen molar-refractivity contribution in [1.29, 1.82) is 5.26 Å². The number of nitrogens with one attached hydrogen (secondary N) is 1. The summed E-state index contributed by atoms with van der Waals surface area (Å²) >= 11 is 0. The Morgan fingerprint density at radius 1 is 1.07 bits per heavy atom. The van der Waals surface area contributed by atoms with Crippen LogP contribution in [-0.4, -0.2) is 36.3 Å². The summed E-state index contributed by atoms with van der Waals surface area (Å²) in [4.78, 5) is 26.9. The number of carbonyl (C=O) groups is 2. The summed E-state index contributed by atoms with van der Waals surface area (Å²) < 4.78 is 0. The molecule has 2 amide bonds. The zero-order chi connectivity index (χ0) is 19.8. The second-order valence-electron chi connectivity index (χ2n) is 6.88. The molecule has 1 unspecified atom stereocenters. The van der Waals surface area contributed by atoms with E-state index in [4.69, 9.17) is 5.26 Å². The molecule has 0 saturated carbocycles. The van der Waals surface area contributed by atoms with Gasteiger partial charge in [0.1, 0.15) is 0 Å². The molecule has 0 aliphatic rings. The maximum Gasteiger partial charge on any atom is 0.317 e. The lowest BCUT2D eigenvalue weighted by Gasteiger charge is -2.25. The molecule has 0 saturated heterocycles. The van der Waals surface area contributed by atoms with Crippen molar-refractivity contribution in [2.75, 3.05) is 13.6 Å². The number of hydrogen-bond acceptors (Lipinski definition) is 3. The summed E-state index contributed by atoms with van der Waals surface area (Å²) in [6.45, 7) is 4.36. The number of nitrogens with zero attached hydrogens (tertiary/aromatic N) is 2. The van der Waals surface area contributed by atoms with E-state index in [1.807, 2.05) is 50.2 Å². The molecule has 27 heavy (non-hydrogen) atoms. The summed E-state index contributed by atoms with van der Waals surface area (Å²) in [5, 5.41) is 11.7. The highest BCUT2D eigenvalue weighted by Gasteiger charge is 2.26. The van der Waals surface area contributed by atoms with Crippen LogP contribution in [0.25, 0.3) is 0 Å². The van der Waals surface area contributed by atoms with Crippen molar-refractivity contribution in [1.82, 2.24) is 10.2 Å². The molecule has 0 spiro atoms. The number of Topliss-reactive ketones (excluding diaryl/α,β-unsaturated/α-hetero) is 1. The van der Waals surface area contributed by atoms with Crippen molar-refractivity contribution in [2.45, 2.75) is 26.3 Å². The Hall–Kier alpha value is -3.13. The van der Waals surface area contributed by atoms with Crippen LogP contribution in [0, 0.1) is 17.2 Å². The van der Waals surface area contributed by atoms with Crippen LogP contribution >= 0.6 is 0 Å². The van der Waals surface area contributed by atoms with Crippen LogP contribution in [0.15, 0.2) is 54.6 Å². The van der Waals surface area contributed by atoms with Gasteiger partial charge in [-0.2, -0.15) is 5.26 Å². The highest BCUT2D eigenvalue weighted by atomic mass is 16.2. The van der Waals surface area contributed by atoms with Crippen LogP contribution in [0.3, 0.4) is 0 Å². The van der Waals surface area contributed by atoms with E-state index in [2.05, 4.69) is 5.32 Å². The summed E-state index contributed by atoms with van der Waals surface area (Å²) in [6.07, 6.45) is 0.751. The van der Waals surface area contributed by atoms with Gasteiger partial charge in [-0.15, -0.1) is 0 Å². The molecule has 1 N–H and O–H groups in total. The Morgan fingerprint density at radius 2 is 1.70 bits per heavy atom. The van der Waals surface area contributed by atoms with Crippen molar-refractivity contribution < 1.29 is 9.59 Å². The monoisotopic (exact) mass is 363 g/mol. The molecule has 0 fully saturated rings. The Kier molecular flexibility index (Phi) is 7.13. The van der Waals surface area contributed by atoms with E-state index in [0.29, 0.717) is 17.7 Å². The molecule has 5 heteroatoms. The molecule has 1 atom stereocenters. The molecule has 2 aromatic carbocycles. The van der Waals surface area contributed by atoms with E-state index in [1.54, 1.807) is 36.2 Å². The van der Waals surface area contributed by atoms with Gasteiger partial charge in [-0.05, 0) is 30.0 Å². The Labute approximate surface area is 160 Å². The number of rotatable bonds is 7. The first-order chi connectivity index (χ1) is 12.9. The molecule has 0 aliphatic carbocycles. The standard InChI is InChI=1S/C22H25N3O2/c1-16(2)20(21(26)19-11-9-18(15-23)10-12-19)24-22(27)25(3)14-13-17-7-5-4-6-8-17/h4-12,16,20H,13-14H2,1-3H3,(H,24,27). The van der Waals surface area contributed by atoms with Gasteiger partial charge in [-0.3, -0.25) is 4.79 Å². The van der Waals surface area contributed by atoms with Crippen molar-refractivity contribution in [3.63, 3.8) is 0 Å². The normalized spacial score (nSPS) is 11.5. The number of amides is 2. The summed E-state index contributed by atoms with van der Waals surface area (Å²) in [5.41, 5.74) is 2.14. The van der Waals surface area contributed by atoms with E-state index >= 15 is 0 Å². The fourth-order valence-electron chi connectivity index (χ4n) is 2.71. The van der Waals surface area contributed by atoms with E-state index in [1.165, 1.54) is 0 Å². The van der Waals surface area contributed by atoms with Gasteiger partial charge in [0.25, 0.3) is 0 Å². The minimum absolute atomic E-state index is 0.0559. The van der Waals surface area contributed by atoms with Gasteiger partial charge in [0.15, 0.2) is 5.78 Å². The first-order valence-electron chi connectivity index (χ1n) is 9.02. The number of ketones is 1. The molecule has 0 aliphatic heterocycles. The van der Waals surface area contributed by atoms with Gasteiger partial charge in [0.2, 0.25) is 0 Å². The average Bonchev–Trinajstić information content (AvgIpc) is 2.70. The highest BCUT2D eigenvalue weighted by Crippen LogP contribution is 2.12. The minimum atomic E-state index is -0.621. The number of carbonyl (C=O) groups excluding carboxylic acids is 2. The second-order valence-corrected chi connectivity index (χ2v) is 6.88. The van der Waals surface area contributed by atoms with Crippen LogP contribution in [0.1, 0.15) is 35.3 Å². The lowest BCUT2D eigenvalue weighted by Crippen LogP contribution is -2.49. The fraction of sp³-hybridized carbons (Fsp3) is 0.318. The lowest BCUT2D eigenvalue weighted by molar-refractivity contribution is 0.0915. The molecule has 0 bridgehead atoms. The number of nitriles is 1. The Balaban J connectivity index is 2.00. The molecule has 2 aromatic rings. The molecule has 0 radical (unpaired) electrons. The number of hydrogen-bond donors (Lipinski definition) is 1. The SMILES string of the molecule is CC(C)C(NC(=O)N(C)CCc1ccccc1)C(=O)c1ccc(C#N)cc1. The van der Waals surface area contributed by atoms with Gasteiger partial charge in [0.05, 0.1) is 17.7 Å². The first kappa shape index (κ1) is 20.2. The van der Waals surface area contributed by atoms with Crippen molar-refractivity contribution in [2.24, 2.45) is 5.92 Å². The molecule has 140 valence electrons. The third-order valence-electron chi connectivity index (χ3n) is 4.45. The largest absolute Gasteiger partial charge is 0.328 e. The summed E-state index contributed by atoms with van der Waals surface area (Å²) in [6, 6.07) is 17.6. The number of urea groups is 1. The molecule has 2 rings (SSSR count). The molecule has 5 nitrogen and oxygen atoms in total. The van der Waals surface area contributed by atoms with Crippen molar-refractivity contribution >= 4 is 11.8 Å².